The Bertz CT molecular complexity index is 812. The minimum absolute atomic E-state index is 0.0195. The van der Waals surface area contributed by atoms with Crippen molar-refractivity contribution in [1.82, 2.24) is 14.5 Å². The van der Waals surface area contributed by atoms with Crippen molar-refractivity contribution in [3.63, 3.8) is 0 Å². The maximum Gasteiger partial charge on any atom is 0.270 e. The lowest BCUT2D eigenvalue weighted by molar-refractivity contribution is -0.385. The summed E-state index contributed by atoms with van der Waals surface area (Å²) >= 11 is 0. The van der Waals surface area contributed by atoms with Crippen molar-refractivity contribution >= 4 is 21.6 Å². The second-order valence-electron chi connectivity index (χ2n) is 6.59. The molecule has 1 aromatic rings. The molecule has 1 unspecified atom stereocenters. The van der Waals surface area contributed by atoms with Crippen LogP contribution in [-0.4, -0.2) is 67.2 Å². The summed E-state index contributed by atoms with van der Waals surface area (Å²) in [6.07, 6.45) is 1.78. The number of aryl methyl sites for hydroxylation is 1. The van der Waals surface area contributed by atoms with E-state index in [0.717, 1.165) is 25.5 Å². The number of nitrogens with one attached hydrogen (secondary N) is 1. The summed E-state index contributed by atoms with van der Waals surface area (Å²) in [5.74, 6) is 0.0195. The number of benzene rings is 1. The number of hydrogen-bond donors (Lipinski definition) is 1. The zero-order valence-electron chi connectivity index (χ0n) is 14.6. The van der Waals surface area contributed by atoms with Crippen LogP contribution in [0.3, 0.4) is 0 Å². The second kappa shape index (κ2) is 7.29. The number of carbonyl (C=O) groups is 1. The van der Waals surface area contributed by atoms with Gasteiger partial charge in [-0.05, 0) is 31.9 Å². The van der Waals surface area contributed by atoms with Gasteiger partial charge < -0.3 is 10.2 Å². The van der Waals surface area contributed by atoms with E-state index in [-0.39, 0.29) is 35.6 Å². The van der Waals surface area contributed by atoms with E-state index in [0.29, 0.717) is 18.7 Å². The Hall–Kier alpha value is -2.04. The number of piperazine rings is 1. The molecule has 2 fully saturated rings. The van der Waals surface area contributed by atoms with Crippen LogP contribution in [0.5, 0.6) is 0 Å². The standard InChI is InChI=1S/C16H22N4O5S/c1-12-4-5-13(20(22)23)11-15(12)26(24,25)19-9-7-18(8-10-19)16(21)14-3-2-6-17-14/h4-5,11,14,17H,2-3,6-10H2,1H3. The Balaban J connectivity index is 1.73. The quantitative estimate of drug-likeness (QED) is 0.599. The number of nitro benzene ring substituents is 1. The molecule has 0 saturated carbocycles. The average Bonchev–Trinajstić information content (AvgIpc) is 3.16. The summed E-state index contributed by atoms with van der Waals surface area (Å²) in [5, 5.41) is 14.1. The first kappa shape index (κ1) is 18.7. The number of nitrogens with zero attached hydrogens (tertiary/aromatic N) is 3. The first-order valence-electron chi connectivity index (χ1n) is 8.58. The summed E-state index contributed by atoms with van der Waals surface area (Å²) in [6, 6.07) is 3.66. The van der Waals surface area contributed by atoms with Crippen LogP contribution in [0.25, 0.3) is 0 Å². The summed E-state index contributed by atoms with van der Waals surface area (Å²) < 4.78 is 27.1. The van der Waals surface area contributed by atoms with Crippen LogP contribution in [0.2, 0.25) is 0 Å². The number of non-ortho nitro benzene ring substituents is 1. The highest BCUT2D eigenvalue weighted by Crippen LogP contribution is 2.25. The monoisotopic (exact) mass is 382 g/mol. The zero-order valence-corrected chi connectivity index (χ0v) is 15.4. The SMILES string of the molecule is Cc1ccc([N+](=O)[O-])cc1S(=O)(=O)N1CCN(C(=O)C2CCCN2)CC1. The predicted molar refractivity (Wildman–Crippen MR) is 94.2 cm³/mol. The maximum atomic E-state index is 12.9. The molecule has 10 heteroatoms. The van der Waals surface area contributed by atoms with Gasteiger partial charge in [0.15, 0.2) is 0 Å². The van der Waals surface area contributed by atoms with Crippen LogP contribution in [0.4, 0.5) is 5.69 Å². The Morgan fingerprint density at radius 3 is 2.54 bits per heavy atom. The molecule has 2 heterocycles. The van der Waals surface area contributed by atoms with Crippen molar-refractivity contribution in [2.45, 2.75) is 30.7 Å². The van der Waals surface area contributed by atoms with Crippen LogP contribution in [0.15, 0.2) is 23.1 Å². The molecule has 2 aliphatic heterocycles. The summed E-state index contributed by atoms with van der Waals surface area (Å²) in [6.45, 7) is 3.46. The van der Waals surface area contributed by atoms with Crippen LogP contribution < -0.4 is 5.32 Å². The molecular weight excluding hydrogens is 360 g/mol. The first-order chi connectivity index (χ1) is 12.3. The number of amides is 1. The Morgan fingerprint density at radius 1 is 1.27 bits per heavy atom. The fraction of sp³-hybridized carbons (Fsp3) is 0.562. The molecule has 2 aliphatic rings. The minimum atomic E-state index is -3.84. The molecule has 0 bridgehead atoms. The molecule has 26 heavy (non-hydrogen) atoms. The minimum Gasteiger partial charge on any atom is -0.339 e. The highest BCUT2D eigenvalue weighted by atomic mass is 32.2. The lowest BCUT2D eigenvalue weighted by atomic mass is 10.2. The van der Waals surface area contributed by atoms with E-state index in [4.69, 9.17) is 0 Å². The van der Waals surface area contributed by atoms with Gasteiger partial charge in [-0.25, -0.2) is 8.42 Å². The number of carbonyl (C=O) groups excluding carboxylic acids is 1. The molecule has 0 radical (unpaired) electrons. The summed E-state index contributed by atoms with van der Waals surface area (Å²) in [4.78, 5) is 24.4. The third-order valence-corrected chi connectivity index (χ3v) is 6.95. The molecule has 1 aromatic carbocycles. The van der Waals surface area contributed by atoms with E-state index in [1.165, 1.54) is 16.4 Å². The van der Waals surface area contributed by atoms with E-state index in [2.05, 4.69) is 5.32 Å². The molecule has 2 saturated heterocycles. The molecule has 1 amide bonds. The molecule has 3 rings (SSSR count). The molecule has 9 nitrogen and oxygen atoms in total. The van der Waals surface area contributed by atoms with Crippen LogP contribution in [0, 0.1) is 17.0 Å². The number of rotatable bonds is 4. The third-order valence-electron chi connectivity index (χ3n) is 4.91. The summed E-state index contributed by atoms with van der Waals surface area (Å²) in [7, 11) is -3.84. The molecule has 1 atom stereocenters. The van der Waals surface area contributed by atoms with E-state index in [1.807, 2.05) is 0 Å². The van der Waals surface area contributed by atoms with Crippen molar-refractivity contribution in [1.29, 1.82) is 0 Å². The number of sulfonamides is 1. The first-order valence-corrected chi connectivity index (χ1v) is 10.0. The van der Waals surface area contributed by atoms with Gasteiger partial charge >= 0.3 is 0 Å². The lowest BCUT2D eigenvalue weighted by Gasteiger charge is -2.35. The average molecular weight is 382 g/mol. The van der Waals surface area contributed by atoms with E-state index < -0.39 is 14.9 Å². The van der Waals surface area contributed by atoms with E-state index in [1.54, 1.807) is 11.8 Å². The highest BCUT2D eigenvalue weighted by Gasteiger charge is 2.34. The van der Waals surface area contributed by atoms with Gasteiger partial charge in [0.25, 0.3) is 5.69 Å². The van der Waals surface area contributed by atoms with Crippen molar-refractivity contribution in [2.75, 3.05) is 32.7 Å². The molecule has 1 N–H and O–H groups in total. The lowest BCUT2D eigenvalue weighted by Crippen LogP contribution is -2.54. The third kappa shape index (κ3) is 3.57. The second-order valence-corrected chi connectivity index (χ2v) is 8.49. The van der Waals surface area contributed by atoms with Gasteiger partial charge in [-0.2, -0.15) is 4.31 Å². The molecule has 142 valence electrons. The number of hydrogen-bond acceptors (Lipinski definition) is 6. The van der Waals surface area contributed by atoms with Gasteiger partial charge in [0.05, 0.1) is 15.9 Å². The Morgan fingerprint density at radius 2 is 1.96 bits per heavy atom. The van der Waals surface area contributed by atoms with E-state index in [9.17, 15) is 23.3 Å². The van der Waals surface area contributed by atoms with Gasteiger partial charge in [-0.1, -0.05) is 6.07 Å². The molecule has 0 spiro atoms. The zero-order chi connectivity index (χ0) is 18.9. The topological polar surface area (TPSA) is 113 Å². The largest absolute Gasteiger partial charge is 0.339 e. The van der Waals surface area contributed by atoms with E-state index >= 15 is 0 Å². The fourth-order valence-electron chi connectivity index (χ4n) is 3.38. The highest BCUT2D eigenvalue weighted by molar-refractivity contribution is 7.89. The van der Waals surface area contributed by atoms with Gasteiger partial charge in [-0.3, -0.25) is 14.9 Å². The van der Waals surface area contributed by atoms with Crippen molar-refractivity contribution in [2.24, 2.45) is 0 Å². The molecule has 0 aromatic heterocycles. The van der Waals surface area contributed by atoms with Crippen LogP contribution >= 0.6 is 0 Å². The predicted octanol–water partition coefficient (Wildman–Crippen LogP) is 0.488. The maximum absolute atomic E-state index is 12.9. The van der Waals surface area contributed by atoms with Gasteiger partial charge in [-0.15, -0.1) is 0 Å². The van der Waals surface area contributed by atoms with Crippen molar-refractivity contribution < 1.29 is 18.1 Å². The van der Waals surface area contributed by atoms with Gasteiger partial charge in [0.1, 0.15) is 0 Å². The smallest absolute Gasteiger partial charge is 0.270 e. The van der Waals surface area contributed by atoms with Crippen molar-refractivity contribution in [3.8, 4) is 0 Å². The fourth-order valence-corrected chi connectivity index (χ4v) is 5.05. The molecular formula is C16H22N4O5S. The molecule has 0 aliphatic carbocycles. The van der Waals surface area contributed by atoms with Gasteiger partial charge in [0.2, 0.25) is 15.9 Å². The van der Waals surface area contributed by atoms with Crippen LogP contribution in [0.1, 0.15) is 18.4 Å². The number of nitro groups is 1. The Labute approximate surface area is 152 Å². The van der Waals surface area contributed by atoms with Crippen molar-refractivity contribution in [3.05, 3.63) is 33.9 Å². The normalized spacial score (nSPS) is 21.7. The van der Waals surface area contributed by atoms with Gasteiger partial charge in [0, 0.05) is 38.3 Å². The summed E-state index contributed by atoms with van der Waals surface area (Å²) in [5.41, 5.74) is 0.208. The van der Waals surface area contributed by atoms with Crippen LogP contribution in [-0.2, 0) is 14.8 Å². The Kier molecular flexibility index (Phi) is 5.26.